The molecule has 7 nitrogen and oxygen atoms in total. The Kier molecular flexibility index (Phi) is 4.18. The monoisotopic (exact) mass is 347 g/mol. The van der Waals surface area contributed by atoms with Gasteiger partial charge in [0.15, 0.2) is 0 Å². The van der Waals surface area contributed by atoms with Crippen molar-refractivity contribution in [2.45, 2.75) is 12.8 Å². The molecule has 2 amide bonds. The molecule has 2 aromatic carbocycles. The number of nitrogens with one attached hydrogen (secondary N) is 1. The molecule has 3 aromatic rings. The van der Waals surface area contributed by atoms with Crippen molar-refractivity contribution in [3.05, 3.63) is 66.5 Å². The van der Waals surface area contributed by atoms with Crippen LogP contribution < -0.4 is 10.2 Å². The van der Waals surface area contributed by atoms with Crippen LogP contribution in [0.2, 0.25) is 0 Å². The average molecular weight is 347 g/mol. The van der Waals surface area contributed by atoms with E-state index in [1.54, 1.807) is 34.0 Å². The van der Waals surface area contributed by atoms with E-state index in [0.29, 0.717) is 24.5 Å². The van der Waals surface area contributed by atoms with E-state index in [2.05, 4.69) is 15.5 Å². The lowest BCUT2D eigenvalue weighted by atomic mass is 10.2. The molecule has 1 aromatic heterocycles. The first-order valence-corrected chi connectivity index (χ1v) is 8.39. The zero-order valence-electron chi connectivity index (χ0n) is 14.0. The Morgan fingerprint density at radius 2 is 1.85 bits per heavy atom. The highest BCUT2D eigenvalue weighted by atomic mass is 16.2. The first-order chi connectivity index (χ1) is 12.7. The number of aromatic nitrogens is 3. The van der Waals surface area contributed by atoms with Crippen LogP contribution in [-0.2, 0) is 4.79 Å². The number of nitrogens with zero attached hydrogens (tertiary/aromatic N) is 4. The third-order valence-electron chi connectivity index (χ3n) is 4.30. The summed E-state index contributed by atoms with van der Waals surface area (Å²) in [6.07, 6.45) is 2.94. The normalized spacial score (nSPS) is 13.8. The van der Waals surface area contributed by atoms with Crippen molar-refractivity contribution < 1.29 is 9.59 Å². The van der Waals surface area contributed by atoms with E-state index < -0.39 is 0 Å². The van der Waals surface area contributed by atoms with Gasteiger partial charge in [0, 0.05) is 24.2 Å². The Morgan fingerprint density at radius 1 is 1.04 bits per heavy atom. The van der Waals surface area contributed by atoms with Crippen LogP contribution in [0.25, 0.3) is 5.69 Å². The fraction of sp³-hybridized carbons (Fsp3) is 0.158. The van der Waals surface area contributed by atoms with Crippen molar-refractivity contribution in [3.63, 3.8) is 0 Å². The second kappa shape index (κ2) is 6.79. The molecule has 1 saturated heterocycles. The van der Waals surface area contributed by atoms with Crippen molar-refractivity contribution in [3.8, 4) is 5.69 Å². The highest BCUT2D eigenvalue weighted by molar-refractivity contribution is 6.05. The molecule has 0 spiro atoms. The number of rotatable bonds is 4. The lowest BCUT2D eigenvalue weighted by molar-refractivity contribution is -0.117. The van der Waals surface area contributed by atoms with E-state index >= 15 is 0 Å². The molecule has 0 bridgehead atoms. The van der Waals surface area contributed by atoms with Crippen LogP contribution >= 0.6 is 0 Å². The van der Waals surface area contributed by atoms with Gasteiger partial charge in [0.2, 0.25) is 11.9 Å². The van der Waals surface area contributed by atoms with Crippen LogP contribution in [0.4, 0.5) is 11.6 Å². The number of hydrogen-bond donors (Lipinski definition) is 1. The second-order valence-electron chi connectivity index (χ2n) is 6.01. The lowest BCUT2D eigenvalue weighted by Gasteiger charge is -2.16. The zero-order valence-corrected chi connectivity index (χ0v) is 14.0. The van der Waals surface area contributed by atoms with E-state index in [-0.39, 0.29) is 11.8 Å². The number of benzene rings is 2. The Hall–Kier alpha value is -3.48. The summed E-state index contributed by atoms with van der Waals surface area (Å²) in [5.41, 5.74) is 2.05. The van der Waals surface area contributed by atoms with Gasteiger partial charge in [0.1, 0.15) is 6.33 Å². The van der Waals surface area contributed by atoms with Gasteiger partial charge >= 0.3 is 0 Å². The van der Waals surface area contributed by atoms with Gasteiger partial charge < -0.3 is 4.90 Å². The summed E-state index contributed by atoms with van der Waals surface area (Å²) in [7, 11) is 0. The first kappa shape index (κ1) is 16.0. The van der Waals surface area contributed by atoms with E-state index in [1.165, 1.54) is 0 Å². The largest absolute Gasteiger partial charge is 0.312 e. The van der Waals surface area contributed by atoms with Gasteiger partial charge in [-0.2, -0.15) is 0 Å². The molecule has 130 valence electrons. The molecule has 0 radical (unpaired) electrons. The third kappa shape index (κ3) is 3.06. The Labute approximate surface area is 150 Å². The Balaban J connectivity index is 1.57. The van der Waals surface area contributed by atoms with Crippen LogP contribution in [0.1, 0.15) is 23.2 Å². The van der Waals surface area contributed by atoms with E-state index in [4.69, 9.17) is 0 Å². The van der Waals surface area contributed by atoms with Crippen LogP contribution in [0.15, 0.2) is 60.9 Å². The summed E-state index contributed by atoms with van der Waals surface area (Å²) in [5.74, 6) is 0.124. The summed E-state index contributed by atoms with van der Waals surface area (Å²) in [6.45, 7) is 0.687. The summed E-state index contributed by atoms with van der Waals surface area (Å²) >= 11 is 0. The van der Waals surface area contributed by atoms with Crippen LogP contribution in [-0.4, -0.2) is 33.1 Å². The molecule has 1 N–H and O–H groups in total. The third-order valence-corrected chi connectivity index (χ3v) is 4.30. The quantitative estimate of drug-likeness (QED) is 0.787. The number of amides is 2. The van der Waals surface area contributed by atoms with Gasteiger partial charge in [-0.25, -0.2) is 0 Å². The van der Waals surface area contributed by atoms with Crippen LogP contribution in [0, 0.1) is 0 Å². The summed E-state index contributed by atoms with van der Waals surface area (Å²) < 4.78 is 1.70. The number of carbonyl (C=O) groups excluding carboxylic acids is 2. The highest BCUT2D eigenvalue weighted by Gasteiger charge is 2.22. The maximum Gasteiger partial charge on any atom is 0.258 e. The van der Waals surface area contributed by atoms with Crippen molar-refractivity contribution in [1.29, 1.82) is 0 Å². The molecule has 0 aliphatic carbocycles. The second-order valence-corrected chi connectivity index (χ2v) is 6.01. The van der Waals surface area contributed by atoms with Gasteiger partial charge in [-0.3, -0.25) is 19.5 Å². The molecule has 2 heterocycles. The maximum atomic E-state index is 12.6. The number of carbonyl (C=O) groups is 2. The summed E-state index contributed by atoms with van der Waals surface area (Å²) in [6, 6.07) is 16.6. The van der Waals surface area contributed by atoms with E-state index in [1.807, 2.05) is 36.4 Å². The maximum absolute atomic E-state index is 12.6. The van der Waals surface area contributed by atoms with Gasteiger partial charge in [0.25, 0.3) is 5.91 Å². The van der Waals surface area contributed by atoms with Crippen molar-refractivity contribution >= 4 is 23.5 Å². The molecule has 1 fully saturated rings. The molecule has 7 heteroatoms. The molecule has 4 rings (SSSR count). The van der Waals surface area contributed by atoms with Crippen molar-refractivity contribution in [2.24, 2.45) is 0 Å². The molecule has 0 saturated carbocycles. The van der Waals surface area contributed by atoms with Gasteiger partial charge in [-0.05, 0) is 36.8 Å². The van der Waals surface area contributed by atoms with Gasteiger partial charge in [0.05, 0.1) is 5.69 Å². The van der Waals surface area contributed by atoms with Crippen LogP contribution in [0.3, 0.4) is 0 Å². The molecule has 26 heavy (non-hydrogen) atoms. The van der Waals surface area contributed by atoms with Gasteiger partial charge in [-0.1, -0.05) is 24.3 Å². The smallest absolute Gasteiger partial charge is 0.258 e. The topological polar surface area (TPSA) is 80.1 Å². The zero-order chi connectivity index (χ0) is 17.9. The van der Waals surface area contributed by atoms with Crippen molar-refractivity contribution in [1.82, 2.24) is 14.8 Å². The molecular formula is C19H17N5O2. The molecule has 0 unspecified atom stereocenters. The standard InChI is InChI=1S/C19H17N5O2/c25-17-10-5-11-23(17)16-9-4-6-14(12-16)18(26)21-19-22-20-13-24(19)15-7-2-1-3-8-15/h1-4,6-9,12-13H,5,10-11H2,(H,21,22,26). The molecule has 1 aliphatic rings. The average Bonchev–Trinajstić information content (AvgIpc) is 3.31. The summed E-state index contributed by atoms with van der Waals surface area (Å²) in [4.78, 5) is 26.3. The Bertz CT molecular complexity index is 951. The number of anilines is 2. The Morgan fingerprint density at radius 3 is 2.62 bits per heavy atom. The van der Waals surface area contributed by atoms with E-state index in [9.17, 15) is 9.59 Å². The minimum atomic E-state index is -0.302. The number of hydrogen-bond acceptors (Lipinski definition) is 4. The first-order valence-electron chi connectivity index (χ1n) is 8.39. The summed E-state index contributed by atoms with van der Waals surface area (Å²) in [5, 5.41) is 10.6. The van der Waals surface area contributed by atoms with Crippen LogP contribution in [0.5, 0.6) is 0 Å². The molecule has 1 aliphatic heterocycles. The van der Waals surface area contributed by atoms with Crippen molar-refractivity contribution in [2.75, 3.05) is 16.8 Å². The van der Waals surface area contributed by atoms with Gasteiger partial charge in [-0.15, -0.1) is 10.2 Å². The lowest BCUT2D eigenvalue weighted by Crippen LogP contribution is -2.24. The fourth-order valence-electron chi connectivity index (χ4n) is 3.01. The fourth-order valence-corrected chi connectivity index (χ4v) is 3.01. The molecule has 0 atom stereocenters. The van der Waals surface area contributed by atoms with E-state index in [0.717, 1.165) is 17.8 Å². The predicted molar refractivity (Wildman–Crippen MR) is 97.3 cm³/mol. The number of para-hydroxylation sites is 1. The highest BCUT2D eigenvalue weighted by Crippen LogP contribution is 2.23. The SMILES string of the molecule is O=C(Nc1nncn1-c1ccccc1)c1cccc(N2CCCC2=O)c1. The molecular weight excluding hydrogens is 330 g/mol. The minimum Gasteiger partial charge on any atom is -0.312 e. The minimum absolute atomic E-state index is 0.0892. The predicted octanol–water partition coefficient (Wildman–Crippen LogP) is 2.65.